The van der Waals surface area contributed by atoms with Crippen LogP contribution < -0.4 is 5.32 Å². The van der Waals surface area contributed by atoms with E-state index < -0.39 is 11.5 Å². The zero-order valence-electron chi connectivity index (χ0n) is 11.6. The van der Waals surface area contributed by atoms with Crippen molar-refractivity contribution in [2.45, 2.75) is 37.8 Å². The van der Waals surface area contributed by atoms with Gasteiger partial charge in [-0.2, -0.15) is 0 Å². The highest BCUT2D eigenvalue weighted by Gasteiger charge is 2.34. The molecule has 110 valence electrons. The van der Waals surface area contributed by atoms with E-state index in [-0.39, 0.29) is 18.3 Å². The molecule has 0 saturated carbocycles. The van der Waals surface area contributed by atoms with Crippen LogP contribution in [-0.2, 0) is 16.0 Å². The molecule has 1 aromatic carbocycles. The van der Waals surface area contributed by atoms with E-state index in [9.17, 15) is 14.3 Å². The van der Waals surface area contributed by atoms with Crippen LogP contribution in [0.2, 0.25) is 0 Å². The first kappa shape index (κ1) is 14.9. The summed E-state index contributed by atoms with van der Waals surface area (Å²) >= 11 is 0. The zero-order valence-corrected chi connectivity index (χ0v) is 11.6. The lowest BCUT2D eigenvalue weighted by atomic mass is 9.92. The van der Waals surface area contributed by atoms with Crippen LogP contribution in [-0.4, -0.2) is 35.9 Å². The maximum absolute atomic E-state index is 13.2. The number of halogens is 1. The molecular weight excluding hydrogens is 261 g/mol. The zero-order chi connectivity index (χ0) is 14.6. The van der Waals surface area contributed by atoms with E-state index in [1.807, 2.05) is 0 Å². The molecule has 0 radical (unpaired) electrons. The van der Waals surface area contributed by atoms with Gasteiger partial charge in [0, 0.05) is 19.6 Å². The lowest BCUT2D eigenvalue weighted by Crippen LogP contribution is -2.53. The van der Waals surface area contributed by atoms with Crippen molar-refractivity contribution in [1.82, 2.24) is 5.32 Å². The largest absolute Gasteiger partial charge is 0.480 e. The molecule has 4 nitrogen and oxygen atoms in total. The normalized spacial score (nSPS) is 21.6. The predicted molar refractivity (Wildman–Crippen MR) is 73.1 cm³/mol. The van der Waals surface area contributed by atoms with Gasteiger partial charge in [0.1, 0.15) is 11.4 Å². The molecule has 2 N–H and O–H groups in total. The molecule has 1 aliphatic heterocycles. The highest BCUT2D eigenvalue weighted by atomic mass is 19.1. The second kappa shape index (κ2) is 6.33. The van der Waals surface area contributed by atoms with Crippen molar-refractivity contribution in [2.24, 2.45) is 0 Å². The molecule has 0 aromatic heterocycles. The minimum absolute atomic E-state index is 0.0705. The summed E-state index contributed by atoms with van der Waals surface area (Å²) in [5.41, 5.74) is -0.463. The molecule has 1 aliphatic rings. The summed E-state index contributed by atoms with van der Waals surface area (Å²) in [6.07, 6.45) is 2.26. The third-order valence-corrected chi connectivity index (χ3v) is 3.66. The maximum atomic E-state index is 13.2. The smallest absolute Gasteiger partial charge is 0.323 e. The Bertz CT molecular complexity index is 474. The van der Waals surface area contributed by atoms with E-state index in [1.165, 1.54) is 12.1 Å². The second-order valence-corrected chi connectivity index (χ2v) is 5.46. The Labute approximate surface area is 117 Å². The topological polar surface area (TPSA) is 58.6 Å². The quantitative estimate of drug-likeness (QED) is 0.837. The predicted octanol–water partition coefficient (Wildman–Crippen LogP) is 1.98. The number of rotatable bonds is 6. The van der Waals surface area contributed by atoms with Crippen LogP contribution in [0.15, 0.2) is 24.3 Å². The first-order chi connectivity index (χ1) is 9.49. The lowest BCUT2D eigenvalue weighted by Gasteiger charge is -2.28. The SMILES string of the molecule is CC(Cc1cccc(F)c1)(NCC1CCCO1)C(=O)O. The van der Waals surface area contributed by atoms with Crippen LogP contribution in [0.5, 0.6) is 0 Å². The number of nitrogens with one attached hydrogen (secondary N) is 1. The van der Waals surface area contributed by atoms with E-state index in [4.69, 9.17) is 4.74 Å². The molecule has 0 amide bonds. The Balaban J connectivity index is 2.02. The minimum atomic E-state index is -1.13. The molecule has 1 saturated heterocycles. The number of carboxylic acid groups (broad SMARTS) is 1. The number of hydrogen-bond acceptors (Lipinski definition) is 3. The molecule has 0 spiro atoms. The Kier molecular flexibility index (Phi) is 4.73. The lowest BCUT2D eigenvalue weighted by molar-refractivity contribution is -0.144. The number of carbonyl (C=O) groups is 1. The van der Waals surface area contributed by atoms with Gasteiger partial charge in [-0.15, -0.1) is 0 Å². The van der Waals surface area contributed by atoms with Gasteiger partial charge in [-0.3, -0.25) is 10.1 Å². The highest BCUT2D eigenvalue weighted by molar-refractivity contribution is 5.78. The fourth-order valence-corrected chi connectivity index (χ4v) is 2.41. The van der Waals surface area contributed by atoms with Gasteiger partial charge in [0.05, 0.1) is 6.10 Å². The van der Waals surface area contributed by atoms with Gasteiger partial charge in [0.2, 0.25) is 0 Å². The molecule has 1 heterocycles. The van der Waals surface area contributed by atoms with Crippen molar-refractivity contribution in [1.29, 1.82) is 0 Å². The van der Waals surface area contributed by atoms with Crippen LogP contribution >= 0.6 is 0 Å². The Morgan fingerprint density at radius 2 is 2.40 bits per heavy atom. The summed E-state index contributed by atoms with van der Waals surface area (Å²) in [6, 6.07) is 6.04. The molecule has 0 bridgehead atoms. The average Bonchev–Trinajstić information content (AvgIpc) is 2.89. The van der Waals surface area contributed by atoms with Crippen molar-refractivity contribution >= 4 is 5.97 Å². The van der Waals surface area contributed by atoms with Gasteiger partial charge in [0.15, 0.2) is 0 Å². The van der Waals surface area contributed by atoms with E-state index >= 15 is 0 Å². The van der Waals surface area contributed by atoms with Gasteiger partial charge < -0.3 is 9.84 Å². The van der Waals surface area contributed by atoms with Gasteiger partial charge >= 0.3 is 5.97 Å². The standard InChI is InChI=1S/C15H20FNO3/c1-15(14(18)19,17-10-13-6-3-7-20-13)9-11-4-2-5-12(16)8-11/h2,4-5,8,13,17H,3,6-7,9-10H2,1H3,(H,18,19). The van der Waals surface area contributed by atoms with E-state index in [1.54, 1.807) is 19.1 Å². The summed E-state index contributed by atoms with van der Waals surface area (Å²) < 4.78 is 18.7. The third kappa shape index (κ3) is 3.77. The second-order valence-electron chi connectivity index (χ2n) is 5.46. The van der Waals surface area contributed by atoms with Crippen molar-refractivity contribution in [3.63, 3.8) is 0 Å². The van der Waals surface area contributed by atoms with E-state index in [0.29, 0.717) is 12.1 Å². The number of aliphatic carboxylic acids is 1. The fraction of sp³-hybridized carbons (Fsp3) is 0.533. The van der Waals surface area contributed by atoms with E-state index in [2.05, 4.69) is 5.32 Å². The molecule has 5 heteroatoms. The van der Waals surface area contributed by atoms with Gasteiger partial charge in [-0.25, -0.2) is 4.39 Å². The maximum Gasteiger partial charge on any atom is 0.323 e. The van der Waals surface area contributed by atoms with Gasteiger partial charge in [-0.1, -0.05) is 12.1 Å². The van der Waals surface area contributed by atoms with Gasteiger partial charge in [-0.05, 0) is 37.5 Å². The first-order valence-corrected chi connectivity index (χ1v) is 6.84. The summed E-state index contributed by atoms with van der Waals surface area (Å²) in [5.74, 6) is -1.30. The molecular formula is C15H20FNO3. The molecule has 2 unspecified atom stereocenters. The summed E-state index contributed by atoms with van der Waals surface area (Å²) in [7, 11) is 0. The summed E-state index contributed by atoms with van der Waals surface area (Å²) in [5, 5.41) is 12.5. The number of hydrogen-bond donors (Lipinski definition) is 2. The minimum Gasteiger partial charge on any atom is -0.480 e. The molecule has 0 aliphatic carbocycles. The van der Waals surface area contributed by atoms with Crippen LogP contribution in [0.1, 0.15) is 25.3 Å². The number of carboxylic acids is 1. The Hall–Kier alpha value is -1.46. The molecule has 2 atom stereocenters. The molecule has 20 heavy (non-hydrogen) atoms. The Morgan fingerprint density at radius 3 is 3.00 bits per heavy atom. The van der Waals surface area contributed by atoms with Crippen LogP contribution in [0.25, 0.3) is 0 Å². The molecule has 1 fully saturated rings. The van der Waals surface area contributed by atoms with Crippen LogP contribution in [0.4, 0.5) is 4.39 Å². The number of benzene rings is 1. The van der Waals surface area contributed by atoms with Crippen molar-refractivity contribution in [2.75, 3.05) is 13.2 Å². The highest BCUT2D eigenvalue weighted by Crippen LogP contribution is 2.17. The third-order valence-electron chi connectivity index (χ3n) is 3.66. The molecule has 1 aromatic rings. The number of ether oxygens (including phenoxy) is 1. The van der Waals surface area contributed by atoms with Gasteiger partial charge in [0.25, 0.3) is 0 Å². The summed E-state index contributed by atoms with van der Waals surface area (Å²) in [4.78, 5) is 11.5. The van der Waals surface area contributed by atoms with E-state index in [0.717, 1.165) is 19.4 Å². The van der Waals surface area contributed by atoms with Crippen molar-refractivity contribution in [3.8, 4) is 0 Å². The average molecular weight is 281 g/mol. The van der Waals surface area contributed by atoms with Crippen LogP contribution in [0, 0.1) is 5.82 Å². The summed E-state index contributed by atoms with van der Waals surface area (Å²) in [6.45, 7) is 2.85. The fourth-order valence-electron chi connectivity index (χ4n) is 2.41. The van der Waals surface area contributed by atoms with Crippen LogP contribution in [0.3, 0.4) is 0 Å². The Morgan fingerprint density at radius 1 is 1.60 bits per heavy atom. The molecule has 2 rings (SSSR count). The first-order valence-electron chi connectivity index (χ1n) is 6.84. The monoisotopic (exact) mass is 281 g/mol. The van der Waals surface area contributed by atoms with Crippen molar-refractivity contribution < 1.29 is 19.0 Å². The van der Waals surface area contributed by atoms with Crippen molar-refractivity contribution in [3.05, 3.63) is 35.6 Å².